The third-order valence-electron chi connectivity index (χ3n) is 3.79. The second kappa shape index (κ2) is 5.12. The SMILES string of the molecule is COc1cc(OC)c2c(c1)C(Br)CC(C)(C)CC2. The van der Waals surface area contributed by atoms with Gasteiger partial charge >= 0.3 is 0 Å². The number of hydrogen-bond donors (Lipinski definition) is 0. The zero-order valence-electron chi connectivity index (χ0n) is 11.5. The van der Waals surface area contributed by atoms with Crippen molar-refractivity contribution in [3.05, 3.63) is 23.3 Å². The molecule has 2 rings (SSSR count). The van der Waals surface area contributed by atoms with Crippen LogP contribution in [-0.2, 0) is 6.42 Å². The summed E-state index contributed by atoms with van der Waals surface area (Å²) in [5.74, 6) is 1.82. The van der Waals surface area contributed by atoms with Gasteiger partial charge in [-0.05, 0) is 41.9 Å². The van der Waals surface area contributed by atoms with Crippen molar-refractivity contribution in [3.63, 3.8) is 0 Å². The van der Waals surface area contributed by atoms with Crippen LogP contribution in [0.4, 0.5) is 0 Å². The number of halogens is 1. The molecule has 3 heteroatoms. The Bertz CT molecular complexity index is 440. The van der Waals surface area contributed by atoms with Crippen molar-refractivity contribution >= 4 is 15.9 Å². The Balaban J connectivity index is 2.50. The minimum Gasteiger partial charge on any atom is -0.497 e. The van der Waals surface area contributed by atoms with Crippen LogP contribution < -0.4 is 9.47 Å². The average molecular weight is 313 g/mol. The summed E-state index contributed by atoms with van der Waals surface area (Å²) in [4.78, 5) is 0.369. The van der Waals surface area contributed by atoms with Gasteiger partial charge in [-0.25, -0.2) is 0 Å². The van der Waals surface area contributed by atoms with Crippen LogP contribution in [0.1, 0.15) is 42.6 Å². The Morgan fingerprint density at radius 3 is 2.56 bits per heavy atom. The molecular formula is C15H21BrO2. The van der Waals surface area contributed by atoms with Crippen molar-refractivity contribution in [2.24, 2.45) is 5.41 Å². The predicted molar refractivity (Wildman–Crippen MR) is 77.9 cm³/mol. The van der Waals surface area contributed by atoms with Crippen molar-refractivity contribution in [2.75, 3.05) is 14.2 Å². The van der Waals surface area contributed by atoms with Crippen LogP contribution >= 0.6 is 15.9 Å². The fraction of sp³-hybridized carbons (Fsp3) is 0.600. The molecule has 100 valence electrons. The molecular weight excluding hydrogens is 292 g/mol. The molecule has 0 aliphatic heterocycles. The second-order valence-corrected chi connectivity index (χ2v) is 6.84. The first kappa shape index (κ1) is 13.7. The van der Waals surface area contributed by atoms with Crippen molar-refractivity contribution in [3.8, 4) is 11.5 Å². The number of rotatable bonds is 2. The van der Waals surface area contributed by atoms with Crippen LogP contribution in [0.25, 0.3) is 0 Å². The van der Waals surface area contributed by atoms with Gasteiger partial charge in [-0.3, -0.25) is 0 Å². The molecule has 2 nitrogen and oxygen atoms in total. The van der Waals surface area contributed by atoms with E-state index in [9.17, 15) is 0 Å². The van der Waals surface area contributed by atoms with Gasteiger partial charge < -0.3 is 9.47 Å². The fourth-order valence-electron chi connectivity index (χ4n) is 2.65. The van der Waals surface area contributed by atoms with Gasteiger partial charge in [-0.2, -0.15) is 0 Å². The first-order chi connectivity index (χ1) is 8.46. The molecule has 0 saturated carbocycles. The van der Waals surface area contributed by atoms with Gasteiger partial charge in [0.15, 0.2) is 0 Å². The minimum absolute atomic E-state index is 0.353. The number of methoxy groups -OCH3 is 2. The van der Waals surface area contributed by atoms with E-state index in [1.54, 1.807) is 14.2 Å². The highest BCUT2D eigenvalue weighted by Crippen LogP contribution is 2.47. The lowest BCUT2D eigenvalue weighted by Crippen LogP contribution is -2.11. The van der Waals surface area contributed by atoms with Gasteiger partial charge in [0.2, 0.25) is 0 Å². The first-order valence-electron chi connectivity index (χ1n) is 6.36. The molecule has 1 unspecified atom stereocenters. The lowest BCUT2D eigenvalue weighted by molar-refractivity contribution is 0.315. The van der Waals surface area contributed by atoms with E-state index in [0.717, 1.165) is 24.3 Å². The molecule has 0 fully saturated rings. The van der Waals surface area contributed by atoms with Crippen LogP contribution in [0.5, 0.6) is 11.5 Å². The topological polar surface area (TPSA) is 18.5 Å². The van der Waals surface area contributed by atoms with Gasteiger partial charge in [0.25, 0.3) is 0 Å². The van der Waals surface area contributed by atoms with E-state index in [0.29, 0.717) is 10.2 Å². The zero-order valence-corrected chi connectivity index (χ0v) is 13.1. The summed E-state index contributed by atoms with van der Waals surface area (Å²) in [6.45, 7) is 4.66. The number of alkyl halides is 1. The molecule has 1 aromatic rings. The summed E-state index contributed by atoms with van der Waals surface area (Å²) in [6.07, 6.45) is 3.39. The maximum absolute atomic E-state index is 5.53. The van der Waals surface area contributed by atoms with Gasteiger partial charge in [0.05, 0.1) is 14.2 Å². The summed E-state index contributed by atoms with van der Waals surface area (Å²) in [7, 11) is 3.43. The monoisotopic (exact) mass is 312 g/mol. The summed E-state index contributed by atoms with van der Waals surface area (Å²) < 4.78 is 10.9. The summed E-state index contributed by atoms with van der Waals surface area (Å²) in [5, 5.41) is 0. The highest BCUT2D eigenvalue weighted by Gasteiger charge is 2.30. The molecule has 0 radical (unpaired) electrons. The molecule has 0 aromatic heterocycles. The van der Waals surface area contributed by atoms with Crippen molar-refractivity contribution < 1.29 is 9.47 Å². The van der Waals surface area contributed by atoms with E-state index in [-0.39, 0.29) is 0 Å². The van der Waals surface area contributed by atoms with Crippen LogP contribution in [0, 0.1) is 5.41 Å². The third-order valence-corrected chi connectivity index (χ3v) is 4.61. The van der Waals surface area contributed by atoms with Gasteiger partial charge in [0.1, 0.15) is 11.5 Å². The molecule has 1 aliphatic rings. The van der Waals surface area contributed by atoms with E-state index in [1.165, 1.54) is 17.5 Å². The minimum atomic E-state index is 0.353. The molecule has 0 amide bonds. The number of benzene rings is 1. The average Bonchev–Trinajstić information content (AvgIpc) is 2.45. The van der Waals surface area contributed by atoms with Crippen LogP contribution in [0.3, 0.4) is 0 Å². The van der Waals surface area contributed by atoms with E-state index in [2.05, 4.69) is 35.8 Å². The Morgan fingerprint density at radius 2 is 1.94 bits per heavy atom. The number of ether oxygens (including phenoxy) is 2. The van der Waals surface area contributed by atoms with Crippen molar-refractivity contribution in [1.29, 1.82) is 0 Å². The quantitative estimate of drug-likeness (QED) is 0.591. The number of hydrogen-bond acceptors (Lipinski definition) is 2. The van der Waals surface area contributed by atoms with Crippen molar-refractivity contribution in [2.45, 2.75) is 37.9 Å². The Morgan fingerprint density at radius 1 is 1.22 bits per heavy atom. The Kier molecular flexibility index (Phi) is 3.90. The standard InChI is InChI=1S/C15H21BrO2/c1-15(2)6-5-11-12(13(16)9-15)7-10(17-3)8-14(11)18-4/h7-8,13H,5-6,9H2,1-4H3. The summed E-state index contributed by atoms with van der Waals surface area (Å²) in [6, 6.07) is 4.12. The number of fused-ring (bicyclic) bond motifs is 1. The third kappa shape index (κ3) is 2.66. The highest BCUT2D eigenvalue weighted by molar-refractivity contribution is 9.09. The maximum Gasteiger partial charge on any atom is 0.126 e. The lowest BCUT2D eigenvalue weighted by Gasteiger charge is -2.23. The first-order valence-corrected chi connectivity index (χ1v) is 7.27. The molecule has 1 aromatic carbocycles. The predicted octanol–water partition coefficient (Wildman–Crippen LogP) is 4.50. The van der Waals surface area contributed by atoms with Gasteiger partial charge in [-0.15, -0.1) is 0 Å². The van der Waals surface area contributed by atoms with E-state index in [4.69, 9.17) is 9.47 Å². The van der Waals surface area contributed by atoms with Crippen LogP contribution in [0.15, 0.2) is 12.1 Å². The Labute approximate surface area is 118 Å². The molecule has 0 bridgehead atoms. The zero-order chi connectivity index (χ0) is 13.3. The fourth-order valence-corrected chi connectivity index (χ4v) is 3.93. The normalized spacial score (nSPS) is 21.9. The maximum atomic E-state index is 5.53. The molecule has 0 saturated heterocycles. The summed E-state index contributed by atoms with van der Waals surface area (Å²) in [5.41, 5.74) is 2.99. The molecule has 1 aliphatic carbocycles. The molecule has 18 heavy (non-hydrogen) atoms. The van der Waals surface area contributed by atoms with Crippen molar-refractivity contribution in [1.82, 2.24) is 0 Å². The van der Waals surface area contributed by atoms with E-state index in [1.807, 2.05) is 6.07 Å². The van der Waals surface area contributed by atoms with Crippen LogP contribution in [-0.4, -0.2) is 14.2 Å². The van der Waals surface area contributed by atoms with Gasteiger partial charge in [-0.1, -0.05) is 29.8 Å². The smallest absolute Gasteiger partial charge is 0.126 e. The molecule has 0 heterocycles. The second-order valence-electron chi connectivity index (χ2n) is 5.73. The molecule has 1 atom stereocenters. The van der Waals surface area contributed by atoms with E-state index < -0.39 is 0 Å². The molecule has 0 spiro atoms. The van der Waals surface area contributed by atoms with E-state index >= 15 is 0 Å². The van der Waals surface area contributed by atoms with Gasteiger partial charge in [0, 0.05) is 10.9 Å². The van der Waals surface area contributed by atoms with Crippen LogP contribution in [0.2, 0.25) is 0 Å². The Hall–Kier alpha value is -0.700. The highest BCUT2D eigenvalue weighted by atomic mass is 79.9. The molecule has 0 N–H and O–H groups in total. The largest absolute Gasteiger partial charge is 0.497 e. The lowest BCUT2D eigenvalue weighted by atomic mass is 9.84. The summed E-state index contributed by atoms with van der Waals surface area (Å²) >= 11 is 3.83.